The van der Waals surface area contributed by atoms with Crippen molar-refractivity contribution in [3.05, 3.63) is 0 Å². The predicted molar refractivity (Wildman–Crippen MR) is 103 cm³/mol. The van der Waals surface area contributed by atoms with Gasteiger partial charge in [0.05, 0.1) is 10.1 Å². The summed E-state index contributed by atoms with van der Waals surface area (Å²) in [6, 6.07) is 0. The van der Waals surface area contributed by atoms with Gasteiger partial charge in [-0.25, -0.2) is 8.42 Å². The summed E-state index contributed by atoms with van der Waals surface area (Å²) in [7, 11) is -4.12. The second kappa shape index (κ2) is 19.7. The zero-order valence-corrected chi connectivity index (χ0v) is 20.0. The van der Waals surface area contributed by atoms with Gasteiger partial charge in [0.15, 0.2) is 0 Å². The Bertz CT molecular complexity index is 358. The summed E-state index contributed by atoms with van der Waals surface area (Å²) >= 11 is 0. The summed E-state index contributed by atoms with van der Waals surface area (Å²) in [5.41, 5.74) is 0. The van der Waals surface area contributed by atoms with E-state index in [9.17, 15) is 13.0 Å². The fourth-order valence-corrected chi connectivity index (χ4v) is 4.18. The zero-order chi connectivity index (χ0) is 18.1. The van der Waals surface area contributed by atoms with E-state index in [1.807, 2.05) is 0 Å². The Labute approximate surface area is 180 Å². The first-order chi connectivity index (χ1) is 11.5. The third-order valence-electron chi connectivity index (χ3n) is 4.92. The van der Waals surface area contributed by atoms with E-state index < -0.39 is 15.4 Å². The Morgan fingerprint density at radius 3 is 1.16 bits per heavy atom. The van der Waals surface area contributed by atoms with Gasteiger partial charge in [-0.15, -0.1) is 0 Å². The maximum atomic E-state index is 11.4. The molecule has 146 valence electrons. The summed E-state index contributed by atoms with van der Waals surface area (Å²) in [6.45, 7) is 4.42. The molecule has 0 aromatic heterocycles. The van der Waals surface area contributed by atoms with Crippen LogP contribution in [0.4, 0.5) is 0 Å². The molecule has 25 heavy (non-hydrogen) atoms. The van der Waals surface area contributed by atoms with Crippen molar-refractivity contribution in [1.29, 1.82) is 0 Å². The van der Waals surface area contributed by atoms with Gasteiger partial charge in [-0.2, -0.15) is 0 Å². The molecular weight excluding hydrogens is 343 g/mol. The van der Waals surface area contributed by atoms with Crippen molar-refractivity contribution in [2.24, 2.45) is 0 Å². The van der Waals surface area contributed by atoms with E-state index in [0.717, 1.165) is 25.7 Å². The van der Waals surface area contributed by atoms with Gasteiger partial charge in [0.2, 0.25) is 0 Å². The fourth-order valence-electron chi connectivity index (χ4n) is 3.27. The maximum absolute atomic E-state index is 11.4. The topological polar surface area (TPSA) is 57.2 Å². The molecule has 0 aliphatic rings. The van der Waals surface area contributed by atoms with Gasteiger partial charge in [0.25, 0.3) is 0 Å². The van der Waals surface area contributed by atoms with Crippen LogP contribution in [0.25, 0.3) is 0 Å². The first-order valence-electron chi connectivity index (χ1n) is 10.5. The number of hydrogen-bond acceptors (Lipinski definition) is 3. The smallest absolute Gasteiger partial charge is 0.748 e. The Balaban J connectivity index is 0. The van der Waals surface area contributed by atoms with Gasteiger partial charge < -0.3 is 4.55 Å². The largest absolute Gasteiger partial charge is 1.00 e. The predicted octanol–water partition coefficient (Wildman–Crippen LogP) is 3.58. The van der Waals surface area contributed by atoms with Crippen molar-refractivity contribution in [1.82, 2.24) is 0 Å². The second-order valence-electron chi connectivity index (χ2n) is 7.29. The average Bonchev–Trinajstić information content (AvgIpc) is 2.53. The molecule has 0 fully saturated rings. The van der Waals surface area contributed by atoms with Crippen LogP contribution in [0.5, 0.6) is 0 Å². The third-order valence-corrected chi connectivity index (χ3v) is 6.21. The van der Waals surface area contributed by atoms with E-state index in [1.165, 1.54) is 70.6 Å². The standard InChI is InChI=1S/C20H42O3S.Na/c1-3-5-7-9-11-13-15-17-19-20(24(21,22)23)18-16-14-12-10-8-6-4-2;/h20H,3-19H2,1-2H3,(H,21,22,23);/q;+1/p-1. The molecule has 0 rings (SSSR count). The Morgan fingerprint density at radius 1 is 0.600 bits per heavy atom. The number of rotatable bonds is 18. The minimum atomic E-state index is -4.12. The van der Waals surface area contributed by atoms with Crippen molar-refractivity contribution in [2.75, 3.05) is 0 Å². The van der Waals surface area contributed by atoms with E-state index in [4.69, 9.17) is 0 Å². The van der Waals surface area contributed by atoms with Crippen molar-refractivity contribution in [3.8, 4) is 0 Å². The molecule has 1 atom stereocenters. The van der Waals surface area contributed by atoms with Gasteiger partial charge in [-0.05, 0) is 12.8 Å². The molecule has 0 saturated heterocycles. The van der Waals surface area contributed by atoms with Crippen molar-refractivity contribution < 1.29 is 42.5 Å². The SMILES string of the molecule is CCCCCCCCCCC(CCCCCCCCC)S(=O)(=O)[O-].[Na+]. The van der Waals surface area contributed by atoms with E-state index in [0.29, 0.717) is 12.8 Å². The molecule has 0 amide bonds. The van der Waals surface area contributed by atoms with Crippen LogP contribution < -0.4 is 29.6 Å². The Kier molecular flexibility index (Phi) is 22.1. The third kappa shape index (κ3) is 19.5. The van der Waals surface area contributed by atoms with Gasteiger partial charge in [0, 0.05) is 5.25 Å². The summed E-state index contributed by atoms with van der Waals surface area (Å²) in [5.74, 6) is 0. The molecule has 5 heteroatoms. The van der Waals surface area contributed by atoms with Crippen molar-refractivity contribution in [3.63, 3.8) is 0 Å². The molecule has 0 spiro atoms. The molecule has 0 aliphatic carbocycles. The van der Waals surface area contributed by atoms with Crippen LogP contribution in [-0.2, 0) is 10.1 Å². The van der Waals surface area contributed by atoms with Gasteiger partial charge >= 0.3 is 29.6 Å². The monoisotopic (exact) mass is 384 g/mol. The summed E-state index contributed by atoms with van der Waals surface area (Å²) in [4.78, 5) is 0. The van der Waals surface area contributed by atoms with Gasteiger partial charge in [0.1, 0.15) is 0 Å². The van der Waals surface area contributed by atoms with Gasteiger partial charge in [-0.3, -0.25) is 0 Å². The summed E-state index contributed by atoms with van der Waals surface area (Å²) < 4.78 is 34.3. The molecule has 1 unspecified atom stereocenters. The zero-order valence-electron chi connectivity index (χ0n) is 17.2. The molecule has 0 radical (unpaired) electrons. The molecule has 0 N–H and O–H groups in total. The minimum Gasteiger partial charge on any atom is -0.748 e. The molecule has 0 aromatic rings. The minimum absolute atomic E-state index is 0. The van der Waals surface area contributed by atoms with Crippen molar-refractivity contribution >= 4 is 10.1 Å². The molecule has 0 saturated carbocycles. The van der Waals surface area contributed by atoms with Crippen LogP contribution in [0.15, 0.2) is 0 Å². The van der Waals surface area contributed by atoms with Crippen LogP contribution in [0.1, 0.15) is 123 Å². The molecule has 0 bridgehead atoms. The molecule has 0 heterocycles. The van der Waals surface area contributed by atoms with Crippen LogP contribution in [0.3, 0.4) is 0 Å². The molecule has 3 nitrogen and oxygen atoms in total. The van der Waals surface area contributed by atoms with Gasteiger partial charge in [-0.1, -0.05) is 110 Å². The summed E-state index contributed by atoms with van der Waals surface area (Å²) in [5, 5.41) is -0.645. The first-order valence-corrected chi connectivity index (χ1v) is 11.9. The van der Waals surface area contributed by atoms with E-state index in [1.54, 1.807) is 0 Å². The first kappa shape index (κ1) is 28.1. The Morgan fingerprint density at radius 2 is 0.880 bits per heavy atom. The van der Waals surface area contributed by atoms with Crippen LogP contribution in [0, 0.1) is 0 Å². The van der Waals surface area contributed by atoms with Crippen LogP contribution >= 0.6 is 0 Å². The van der Waals surface area contributed by atoms with E-state index >= 15 is 0 Å². The Hall–Kier alpha value is 0.910. The fraction of sp³-hybridized carbons (Fsp3) is 1.00. The average molecular weight is 385 g/mol. The quantitative estimate of drug-likeness (QED) is 0.206. The maximum Gasteiger partial charge on any atom is 1.00 e. The second-order valence-corrected chi connectivity index (χ2v) is 8.94. The van der Waals surface area contributed by atoms with Crippen LogP contribution in [0.2, 0.25) is 0 Å². The summed E-state index contributed by atoms with van der Waals surface area (Å²) in [6.07, 6.45) is 18.8. The van der Waals surface area contributed by atoms with E-state index in [2.05, 4.69) is 13.8 Å². The van der Waals surface area contributed by atoms with E-state index in [-0.39, 0.29) is 29.6 Å². The van der Waals surface area contributed by atoms with Crippen molar-refractivity contribution in [2.45, 2.75) is 128 Å². The normalized spacial score (nSPS) is 12.8. The number of unbranched alkanes of at least 4 members (excludes halogenated alkanes) is 13. The molecular formula is C20H41NaO3S. The molecule has 0 aromatic carbocycles. The van der Waals surface area contributed by atoms with Crippen LogP contribution in [-0.4, -0.2) is 18.2 Å². The number of hydrogen-bond donors (Lipinski definition) is 0. The molecule has 0 aliphatic heterocycles.